The van der Waals surface area contributed by atoms with Crippen LogP contribution < -0.4 is 0 Å². The molecule has 0 saturated heterocycles. The van der Waals surface area contributed by atoms with Gasteiger partial charge in [0.2, 0.25) is 0 Å². The molecule has 0 amide bonds. The zero-order valence-electron chi connectivity index (χ0n) is 12.6. The Hall–Kier alpha value is -0.942. The monoisotopic (exact) mass is 448 g/mol. The van der Waals surface area contributed by atoms with Crippen LogP contribution in [0.2, 0.25) is 4.37 Å². The number of rotatable bonds is 5. The van der Waals surface area contributed by atoms with Crippen LogP contribution in [0.5, 0.6) is 0 Å². The van der Waals surface area contributed by atoms with Crippen molar-refractivity contribution < 1.29 is 0 Å². The summed E-state index contributed by atoms with van der Waals surface area (Å²) in [5, 5.41) is 0. The second kappa shape index (κ2) is 7.75. The van der Waals surface area contributed by atoms with Crippen molar-refractivity contribution in [2.75, 3.05) is 0 Å². The molecule has 0 aliphatic rings. The Labute approximate surface area is 152 Å². The molecular formula is C20H17Cl2Sb+. The van der Waals surface area contributed by atoms with Crippen LogP contribution in [-0.4, -0.2) is 17.9 Å². The first kappa shape index (κ1) is 16.9. The molecule has 3 heteroatoms. The first-order valence-electron chi connectivity index (χ1n) is 7.49. The van der Waals surface area contributed by atoms with Crippen LogP contribution >= 0.6 is 17.7 Å². The van der Waals surface area contributed by atoms with E-state index in [2.05, 4.69) is 72.8 Å². The van der Waals surface area contributed by atoms with Crippen molar-refractivity contribution in [3.05, 3.63) is 108 Å². The fourth-order valence-corrected chi connectivity index (χ4v) is 8.11. The molecule has 0 saturated carbocycles. The third-order valence-electron chi connectivity index (χ3n) is 4.16. The van der Waals surface area contributed by atoms with Gasteiger partial charge in [-0.05, 0) is 0 Å². The van der Waals surface area contributed by atoms with Crippen LogP contribution in [0.3, 0.4) is 0 Å². The predicted molar refractivity (Wildman–Crippen MR) is 101 cm³/mol. The molecule has 0 fully saturated rings. The van der Waals surface area contributed by atoms with Crippen molar-refractivity contribution in [1.82, 2.24) is 0 Å². The Morgan fingerprint density at radius 3 is 1.13 bits per heavy atom. The molecule has 0 N–H and O–H groups in total. The Kier molecular flexibility index (Phi) is 5.70. The van der Waals surface area contributed by atoms with E-state index in [9.17, 15) is 0 Å². The van der Waals surface area contributed by atoms with E-state index < -0.39 is 17.9 Å². The van der Waals surface area contributed by atoms with Gasteiger partial charge in [0.1, 0.15) is 0 Å². The van der Waals surface area contributed by atoms with E-state index in [1.54, 1.807) is 0 Å². The van der Waals surface area contributed by atoms with E-state index >= 15 is 0 Å². The van der Waals surface area contributed by atoms with Crippen molar-refractivity contribution >= 4 is 35.6 Å². The molecule has 0 heterocycles. The molecule has 3 rings (SSSR count). The Bertz CT molecular complexity index is 631. The summed E-state index contributed by atoms with van der Waals surface area (Å²) in [6.07, 6.45) is 0. The van der Waals surface area contributed by atoms with E-state index in [1.165, 1.54) is 16.7 Å². The number of benzene rings is 3. The van der Waals surface area contributed by atoms with E-state index in [0.717, 1.165) is 4.37 Å². The number of halogens is 2. The average molecular weight is 450 g/mol. The van der Waals surface area contributed by atoms with Crippen LogP contribution in [0.25, 0.3) is 0 Å². The molecule has 0 atom stereocenters. The molecule has 0 bridgehead atoms. The Morgan fingerprint density at radius 2 is 0.870 bits per heavy atom. The minimum atomic E-state index is -2.31. The van der Waals surface area contributed by atoms with Gasteiger partial charge in [-0.3, -0.25) is 0 Å². The quantitative estimate of drug-likeness (QED) is 0.331. The van der Waals surface area contributed by atoms with E-state index in [1.807, 2.05) is 18.2 Å². The van der Waals surface area contributed by atoms with Gasteiger partial charge in [-0.25, -0.2) is 0 Å². The molecular weight excluding hydrogens is 433 g/mol. The van der Waals surface area contributed by atoms with Gasteiger partial charge in [0, 0.05) is 0 Å². The molecule has 3 aromatic carbocycles. The summed E-state index contributed by atoms with van der Waals surface area (Å²) < 4.78 is 0.803. The van der Waals surface area contributed by atoms with Crippen molar-refractivity contribution in [1.29, 1.82) is 0 Å². The van der Waals surface area contributed by atoms with E-state index in [-0.39, 0.29) is 5.41 Å². The predicted octanol–water partition coefficient (Wildman–Crippen LogP) is 5.99. The summed E-state index contributed by atoms with van der Waals surface area (Å²) in [5.74, 6) is 0. The molecule has 0 nitrogen and oxygen atoms in total. The van der Waals surface area contributed by atoms with Crippen LogP contribution in [-0.2, 0) is 5.41 Å². The number of hydrogen-bond donors (Lipinski definition) is 0. The topological polar surface area (TPSA) is 0 Å². The normalized spacial score (nSPS) is 11.6. The summed E-state index contributed by atoms with van der Waals surface area (Å²) in [5.41, 5.74) is 3.45. The van der Waals surface area contributed by atoms with Crippen molar-refractivity contribution in [3.63, 3.8) is 0 Å². The van der Waals surface area contributed by atoms with Crippen molar-refractivity contribution in [2.24, 2.45) is 0 Å². The van der Waals surface area contributed by atoms with Crippen LogP contribution in [0.15, 0.2) is 91.0 Å². The summed E-state index contributed by atoms with van der Waals surface area (Å²) >= 11 is -2.31. The first-order chi connectivity index (χ1) is 11.2. The fraction of sp³-hybridized carbons (Fsp3) is 0.100. The standard InChI is InChI=1S/C20H17.2ClH.Sb/c1-20(17-11-5-2-6-12-17,18-13-7-3-8-14-18)19-15-9-4-10-16-19;;;/h2-16H,1H2;2*1H;/q;;;+3/p-2. The summed E-state index contributed by atoms with van der Waals surface area (Å²) in [6, 6.07) is 31.7. The molecule has 23 heavy (non-hydrogen) atoms. The van der Waals surface area contributed by atoms with Gasteiger partial charge in [0.05, 0.1) is 0 Å². The molecule has 0 unspecified atom stereocenters. The minimum absolute atomic E-state index is 0.282. The van der Waals surface area contributed by atoms with Gasteiger partial charge in [-0.15, -0.1) is 0 Å². The Morgan fingerprint density at radius 1 is 0.565 bits per heavy atom. The summed E-state index contributed by atoms with van der Waals surface area (Å²) in [4.78, 5) is 0. The first-order valence-corrected chi connectivity index (χ1v) is 15.8. The molecule has 0 spiro atoms. The molecule has 115 valence electrons. The average Bonchev–Trinajstić information content (AvgIpc) is 2.62. The van der Waals surface area contributed by atoms with Gasteiger partial charge in [-0.2, -0.15) is 0 Å². The van der Waals surface area contributed by atoms with Crippen LogP contribution in [0.1, 0.15) is 16.7 Å². The van der Waals surface area contributed by atoms with Crippen molar-refractivity contribution in [3.8, 4) is 0 Å². The van der Waals surface area contributed by atoms with Crippen LogP contribution in [0, 0.1) is 0 Å². The van der Waals surface area contributed by atoms with Crippen LogP contribution in [0.4, 0.5) is 0 Å². The van der Waals surface area contributed by atoms with Gasteiger partial charge < -0.3 is 0 Å². The summed E-state index contributed by atoms with van der Waals surface area (Å²) in [7, 11) is 12.9. The van der Waals surface area contributed by atoms with Gasteiger partial charge in [0.15, 0.2) is 0 Å². The van der Waals surface area contributed by atoms with E-state index in [4.69, 9.17) is 17.7 Å². The molecule has 0 aromatic heterocycles. The molecule has 3 aromatic rings. The SMILES string of the molecule is [Cl][Sb+]([Cl])[CH2]C(c1ccccc1)(c1ccccc1)c1ccccc1. The maximum absolute atomic E-state index is 6.46. The van der Waals surface area contributed by atoms with Gasteiger partial charge in [-0.1, -0.05) is 0 Å². The second-order valence-corrected chi connectivity index (χ2v) is 14.7. The zero-order chi connectivity index (χ0) is 16.1. The second-order valence-electron chi connectivity index (χ2n) is 5.46. The van der Waals surface area contributed by atoms with Gasteiger partial charge >= 0.3 is 153 Å². The molecule has 0 aliphatic carbocycles. The van der Waals surface area contributed by atoms with Gasteiger partial charge in [0.25, 0.3) is 0 Å². The fourth-order valence-electron chi connectivity index (χ4n) is 3.12. The number of hydrogen-bond acceptors (Lipinski definition) is 0. The molecule has 0 aliphatic heterocycles. The molecule has 1 radical (unpaired) electrons. The Balaban J connectivity index is 2.30. The van der Waals surface area contributed by atoms with E-state index in [0.29, 0.717) is 0 Å². The maximum atomic E-state index is 6.46. The zero-order valence-corrected chi connectivity index (χ0v) is 16.6. The third-order valence-corrected chi connectivity index (χ3v) is 7.80. The third kappa shape index (κ3) is 3.61. The summed E-state index contributed by atoms with van der Waals surface area (Å²) in [6.45, 7) is 0. The van der Waals surface area contributed by atoms with Crippen molar-refractivity contribution in [2.45, 2.75) is 9.78 Å².